The highest BCUT2D eigenvalue weighted by Gasteiger charge is 2.23. The number of benzene rings is 1. The van der Waals surface area contributed by atoms with Crippen LogP contribution < -0.4 is 0 Å². The van der Waals surface area contributed by atoms with Crippen molar-refractivity contribution in [2.75, 3.05) is 0 Å². The predicted octanol–water partition coefficient (Wildman–Crippen LogP) is 4.52. The van der Waals surface area contributed by atoms with Crippen LogP contribution >= 0.6 is 15.9 Å². The highest BCUT2D eigenvalue weighted by atomic mass is 79.9. The van der Waals surface area contributed by atoms with Gasteiger partial charge in [-0.15, -0.1) is 0 Å². The minimum absolute atomic E-state index is 0.271. The Morgan fingerprint density at radius 2 is 1.95 bits per heavy atom. The molecule has 0 spiro atoms. The highest BCUT2D eigenvalue weighted by Crippen LogP contribution is 2.33. The van der Waals surface area contributed by atoms with E-state index < -0.39 is 5.97 Å². The molecular weight excluding hydrogens is 332 g/mol. The van der Waals surface area contributed by atoms with E-state index in [0.717, 1.165) is 22.9 Å². The van der Waals surface area contributed by atoms with Gasteiger partial charge in [-0.05, 0) is 18.9 Å². The Balaban J connectivity index is 2.05. The second kappa shape index (κ2) is 6.02. The average molecular weight is 349 g/mol. The van der Waals surface area contributed by atoms with Gasteiger partial charge in [0, 0.05) is 16.2 Å². The normalized spacial score (nSPS) is 16.0. The molecule has 0 unspecified atom stereocenters. The zero-order valence-corrected chi connectivity index (χ0v) is 13.2. The van der Waals surface area contributed by atoms with E-state index in [1.165, 1.54) is 19.3 Å². The van der Waals surface area contributed by atoms with Crippen LogP contribution in [0.3, 0.4) is 0 Å². The maximum atomic E-state index is 11.5. The van der Waals surface area contributed by atoms with E-state index in [4.69, 9.17) is 0 Å². The van der Waals surface area contributed by atoms with E-state index in [1.807, 2.05) is 28.9 Å². The fourth-order valence-corrected chi connectivity index (χ4v) is 3.41. The van der Waals surface area contributed by atoms with Gasteiger partial charge in [-0.25, -0.2) is 4.79 Å². The summed E-state index contributed by atoms with van der Waals surface area (Å²) >= 11 is 3.48. The van der Waals surface area contributed by atoms with Crippen LogP contribution in [0.4, 0.5) is 0 Å². The highest BCUT2D eigenvalue weighted by molar-refractivity contribution is 9.10. The van der Waals surface area contributed by atoms with Crippen molar-refractivity contribution in [3.63, 3.8) is 0 Å². The van der Waals surface area contributed by atoms with Crippen LogP contribution in [0.5, 0.6) is 0 Å². The lowest BCUT2D eigenvalue weighted by atomic mass is 9.96. The number of carboxylic acid groups (broad SMARTS) is 1. The quantitative estimate of drug-likeness (QED) is 0.887. The molecule has 3 rings (SSSR count). The third-order valence-corrected chi connectivity index (χ3v) is 4.73. The molecule has 0 amide bonds. The number of aromatic carboxylic acids is 1. The summed E-state index contributed by atoms with van der Waals surface area (Å²) in [6, 6.07) is 7.93. The molecular formula is C16H17BrN2O2. The summed E-state index contributed by atoms with van der Waals surface area (Å²) in [4.78, 5) is 11.5. The van der Waals surface area contributed by atoms with Gasteiger partial charge < -0.3 is 5.11 Å². The molecule has 1 aliphatic carbocycles. The number of rotatable bonds is 3. The number of hydrogen-bond acceptors (Lipinski definition) is 2. The van der Waals surface area contributed by atoms with E-state index in [2.05, 4.69) is 21.0 Å². The first-order chi connectivity index (χ1) is 10.2. The molecule has 1 N–H and O–H groups in total. The van der Waals surface area contributed by atoms with Gasteiger partial charge >= 0.3 is 5.97 Å². The van der Waals surface area contributed by atoms with Crippen molar-refractivity contribution in [2.24, 2.45) is 0 Å². The van der Waals surface area contributed by atoms with Crippen molar-refractivity contribution >= 4 is 21.9 Å². The second-order valence-corrected chi connectivity index (χ2v) is 6.30. The largest absolute Gasteiger partial charge is 0.478 e. The molecule has 4 nitrogen and oxygen atoms in total. The summed E-state index contributed by atoms with van der Waals surface area (Å²) in [7, 11) is 0. The van der Waals surface area contributed by atoms with Crippen molar-refractivity contribution in [1.82, 2.24) is 9.78 Å². The summed E-state index contributed by atoms with van der Waals surface area (Å²) < 4.78 is 2.72. The second-order valence-electron chi connectivity index (χ2n) is 5.45. The van der Waals surface area contributed by atoms with Gasteiger partial charge in [0.2, 0.25) is 0 Å². The molecule has 5 heteroatoms. The third kappa shape index (κ3) is 2.88. The molecule has 1 aromatic heterocycles. The number of aromatic nitrogens is 2. The van der Waals surface area contributed by atoms with Crippen LogP contribution in [0.15, 0.2) is 34.9 Å². The fourth-order valence-electron chi connectivity index (χ4n) is 2.93. The molecule has 21 heavy (non-hydrogen) atoms. The van der Waals surface area contributed by atoms with Crippen LogP contribution in [-0.4, -0.2) is 20.9 Å². The van der Waals surface area contributed by atoms with E-state index in [0.29, 0.717) is 11.7 Å². The molecule has 1 aromatic carbocycles. The van der Waals surface area contributed by atoms with E-state index in [-0.39, 0.29) is 5.56 Å². The van der Waals surface area contributed by atoms with Gasteiger partial charge in [0.15, 0.2) is 0 Å². The first kappa shape index (κ1) is 14.3. The van der Waals surface area contributed by atoms with Crippen molar-refractivity contribution in [1.29, 1.82) is 0 Å². The SMILES string of the molecule is O=C(O)c1cn(C2CCCCC2)nc1-c1ccccc1Br. The van der Waals surface area contributed by atoms with E-state index in [9.17, 15) is 9.90 Å². The minimum Gasteiger partial charge on any atom is -0.478 e. The Labute approximate surface area is 131 Å². The lowest BCUT2D eigenvalue weighted by molar-refractivity contribution is 0.0697. The molecule has 0 radical (unpaired) electrons. The van der Waals surface area contributed by atoms with Crippen LogP contribution in [0, 0.1) is 0 Å². The van der Waals surface area contributed by atoms with Crippen molar-refractivity contribution in [3.05, 3.63) is 40.5 Å². The average Bonchev–Trinajstić information content (AvgIpc) is 2.94. The van der Waals surface area contributed by atoms with Gasteiger partial charge in [-0.2, -0.15) is 5.10 Å². The molecule has 0 saturated heterocycles. The van der Waals surface area contributed by atoms with Gasteiger partial charge in [-0.1, -0.05) is 53.4 Å². The molecule has 0 bridgehead atoms. The summed E-state index contributed by atoms with van der Waals surface area (Å²) in [5, 5.41) is 14.1. The number of hydrogen-bond donors (Lipinski definition) is 1. The van der Waals surface area contributed by atoms with Crippen LogP contribution in [0.1, 0.15) is 48.5 Å². The van der Waals surface area contributed by atoms with E-state index >= 15 is 0 Å². The number of halogens is 1. The number of carboxylic acids is 1. The first-order valence-corrected chi connectivity index (χ1v) is 8.03. The minimum atomic E-state index is -0.928. The zero-order chi connectivity index (χ0) is 14.8. The molecule has 1 saturated carbocycles. The van der Waals surface area contributed by atoms with Gasteiger partial charge in [0.05, 0.1) is 6.04 Å². The molecule has 1 fully saturated rings. The number of carbonyl (C=O) groups is 1. The summed E-state index contributed by atoms with van der Waals surface area (Å²) in [6.07, 6.45) is 7.49. The Kier molecular flexibility index (Phi) is 4.10. The Hall–Kier alpha value is -1.62. The molecule has 1 aliphatic rings. The van der Waals surface area contributed by atoms with Crippen LogP contribution in [0.2, 0.25) is 0 Å². The summed E-state index contributed by atoms with van der Waals surface area (Å²) in [5.74, 6) is -0.928. The van der Waals surface area contributed by atoms with Gasteiger partial charge in [-0.3, -0.25) is 4.68 Å². The lowest BCUT2D eigenvalue weighted by Gasteiger charge is -2.21. The molecule has 0 atom stereocenters. The Morgan fingerprint density at radius 3 is 2.62 bits per heavy atom. The van der Waals surface area contributed by atoms with Crippen LogP contribution in [0.25, 0.3) is 11.3 Å². The van der Waals surface area contributed by atoms with Crippen molar-refractivity contribution in [2.45, 2.75) is 38.1 Å². The smallest absolute Gasteiger partial charge is 0.339 e. The Bertz CT molecular complexity index is 660. The van der Waals surface area contributed by atoms with E-state index in [1.54, 1.807) is 6.20 Å². The lowest BCUT2D eigenvalue weighted by Crippen LogP contribution is -2.13. The number of nitrogens with zero attached hydrogens (tertiary/aromatic N) is 2. The third-order valence-electron chi connectivity index (χ3n) is 4.04. The van der Waals surface area contributed by atoms with Crippen molar-refractivity contribution < 1.29 is 9.90 Å². The fraction of sp³-hybridized carbons (Fsp3) is 0.375. The van der Waals surface area contributed by atoms with Crippen molar-refractivity contribution in [3.8, 4) is 11.3 Å². The molecule has 2 aromatic rings. The zero-order valence-electron chi connectivity index (χ0n) is 11.6. The Morgan fingerprint density at radius 1 is 1.24 bits per heavy atom. The predicted molar refractivity (Wildman–Crippen MR) is 84.4 cm³/mol. The first-order valence-electron chi connectivity index (χ1n) is 7.24. The summed E-state index contributed by atoms with van der Waals surface area (Å²) in [5.41, 5.74) is 1.64. The maximum absolute atomic E-state index is 11.5. The molecule has 0 aliphatic heterocycles. The monoisotopic (exact) mass is 348 g/mol. The topological polar surface area (TPSA) is 55.1 Å². The van der Waals surface area contributed by atoms with Gasteiger partial charge in [0.25, 0.3) is 0 Å². The standard InChI is InChI=1S/C16H17BrN2O2/c17-14-9-5-4-8-12(14)15-13(16(20)21)10-19(18-15)11-6-2-1-3-7-11/h4-5,8-11H,1-3,6-7H2,(H,20,21). The van der Waals surface area contributed by atoms with Gasteiger partial charge in [0.1, 0.15) is 11.3 Å². The van der Waals surface area contributed by atoms with Crippen LogP contribution in [-0.2, 0) is 0 Å². The maximum Gasteiger partial charge on any atom is 0.339 e. The molecule has 110 valence electrons. The summed E-state index contributed by atoms with van der Waals surface area (Å²) in [6.45, 7) is 0. The molecule has 1 heterocycles.